The molecule has 0 bridgehead atoms. The van der Waals surface area contributed by atoms with Crippen molar-refractivity contribution in [2.75, 3.05) is 7.05 Å². The Morgan fingerprint density at radius 2 is 2.22 bits per heavy atom. The molecule has 0 radical (unpaired) electrons. The lowest BCUT2D eigenvalue weighted by atomic mass is 10.0. The average Bonchev–Trinajstić information content (AvgIpc) is 2.38. The van der Waals surface area contributed by atoms with Crippen molar-refractivity contribution in [3.8, 4) is 0 Å². The second-order valence-corrected chi connectivity index (χ2v) is 4.29. The Labute approximate surface area is 105 Å². The standard InChI is InChI=1S/C13H15N3O2/c1-9(14-2)8-10-5-6-12(16(17)18)11-4-3-7-15-13(10)11/h3-7,9,14H,8H2,1-2H3. The van der Waals surface area contributed by atoms with Crippen LogP contribution in [-0.2, 0) is 6.42 Å². The molecule has 1 aromatic heterocycles. The van der Waals surface area contributed by atoms with Crippen LogP contribution in [-0.4, -0.2) is 23.0 Å². The van der Waals surface area contributed by atoms with Crippen molar-refractivity contribution < 1.29 is 4.92 Å². The molecule has 0 aliphatic heterocycles. The van der Waals surface area contributed by atoms with Crippen LogP contribution in [0.2, 0.25) is 0 Å². The maximum atomic E-state index is 11.0. The molecule has 0 amide bonds. The summed E-state index contributed by atoms with van der Waals surface area (Å²) in [6, 6.07) is 7.12. The molecule has 5 nitrogen and oxygen atoms in total. The smallest absolute Gasteiger partial charge is 0.278 e. The van der Waals surface area contributed by atoms with E-state index in [0.29, 0.717) is 16.9 Å². The van der Waals surface area contributed by atoms with Gasteiger partial charge in [-0.3, -0.25) is 15.1 Å². The van der Waals surface area contributed by atoms with Gasteiger partial charge in [0.15, 0.2) is 0 Å². The SMILES string of the molecule is CNC(C)Cc1ccc([N+](=O)[O-])c2cccnc12. The Morgan fingerprint density at radius 1 is 1.44 bits per heavy atom. The largest absolute Gasteiger partial charge is 0.317 e. The summed E-state index contributed by atoms with van der Waals surface area (Å²) in [6.07, 6.45) is 2.46. The first-order valence-corrected chi connectivity index (χ1v) is 5.81. The first-order chi connectivity index (χ1) is 8.63. The number of benzene rings is 1. The van der Waals surface area contributed by atoms with Crippen LogP contribution in [0.3, 0.4) is 0 Å². The number of nitrogens with zero attached hydrogens (tertiary/aromatic N) is 2. The van der Waals surface area contributed by atoms with Gasteiger partial charge in [0.1, 0.15) is 0 Å². The first kappa shape index (κ1) is 12.4. The number of hydrogen-bond acceptors (Lipinski definition) is 4. The second-order valence-electron chi connectivity index (χ2n) is 4.29. The molecule has 1 aromatic carbocycles. The number of rotatable bonds is 4. The zero-order valence-corrected chi connectivity index (χ0v) is 10.4. The van der Waals surface area contributed by atoms with Crippen molar-refractivity contribution in [3.63, 3.8) is 0 Å². The molecule has 0 saturated carbocycles. The number of hydrogen-bond donors (Lipinski definition) is 1. The molecule has 2 rings (SSSR count). The number of nitrogens with one attached hydrogen (secondary N) is 1. The minimum absolute atomic E-state index is 0.110. The highest BCUT2D eigenvalue weighted by Gasteiger charge is 2.15. The Bertz CT molecular complexity index is 583. The van der Waals surface area contributed by atoms with Gasteiger partial charge in [-0.1, -0.05) is 0 Å². The van der Waals surface area contributed by atoms with Crippen molar-refractivity contribution >= 4 is 16.6 Å². The third-order valence-corrected chi connectivity index (χ3v) is 3.05. The lowest BCUT2D eigenvalue weighted by Crippen LogP contribution is -2.23. The average molecular weight is 245 g/mol. The van der Waals surface area contributed by atoms with Crippen LogP contribution in [0, 0.1) is 10.1 Å². The van der Waals surface area contributed by atoms with E-state index in [4.69, 9.17) is 0 Å². The molecular formula is C13H15N3O2. The number of nitro groups is 1. The molecule has 1 N–H and O–H groups in total. The molecule has 0 spiro atoms. The fourth-order valence-electron chi connectivity index (χ4n) is 1.97. The van der Waals surface area contributed by atoms with Crippen LogP contribution >= 0.6 is 0 Å². The molecule has 0 aliphatic carbocycles. The highest BCUT2D eigenvalue weighted by molar-refractivity contribution is 5.90. The zero-order valence-electron chi connectivity index (χ0n) is 10.4. The van der Waals surface area contributed by atoms with Crippen LogP contribution in [0.25, 0.3) is 10.9 Å². The molecule has 0 fully saturated rings. The summed E-state index contributed by atoms with van der Waals surface area (Å²) >= 11 is 0. The van der Waals surface area contributed by atoms with Crippen LogP contribution < -0.4 is 5.32 Å². The van der Waals surface area contributed by atoms with Crippen molar-refractivity contribution in [1.82, 2.24) is 10.3 Å². The van der Waals surface area contributed by atoms with Crippen LogP contribution in [0.5, 0.6) is 0 Å². The number of likely N-dealkylation sites (N-methyl/N-ethyl adjacent to an activating group) is 1. The highest BCUT2D eigenvalue weighted by atomic mass is 16.6. The third-order valence-electron chi connectivity index (χ3n) is 3.05. The zero-order chi connectivity index (χ0) is 13.1. The lowest BCUT2D eigenvalue weighted by Gasteiger charge is -2.11. The fraction of sp³-hybridized carbons (Fsp3) is 0.308. The Morgan fingerprint density at radius 3 is 2.89 bits per heavy atom. The van der Waals surface area contributed by atoms with Gasteiger partial charge in [-0.25, -0.2) is 0 Å². The van der Waals surface area contributed by atoms with E-state index in [9.17, 15) is 10.1 Å². The quantitative estimate of drug-likeness (QED) is 0.663. The summed E-state index contributed by atoms with van der Waals surface area (Å²) in [6.45, 7) is 2.07. The van der Waals surface area contributed by atoms with Crippen LogP contribution in [0.1, 0.15) is 12.5 Å². The van der Waals surface area contributed by atoms with Gasteiger partial charge in [0.05, 0.1) is 15.8 Å². The number of nitro benzene ring substituents is 1. The predicted molar refractivity (Wildman–Crippen MR) is 70.6 cm³/mol. The molecule has 1 unspecified atom stereocenters. The van der Waals surface area contributed by atoms with E-state index >= 15 is 0 Å². The monoisotopic (exact) mass is 245 g/mol. The highest BCUT2D eigenvalue weighted by Crippen LogP contribution is 2.27. The lowest BCUT2D eigenvalue weighted by molar-refractivity contribution is -0.383. The van der Waals surface area contributed by atoms with Gasteiger partial charge < -0.3 is 5.32 Å². The minimum Gasteiger partial charge on any atom is -0.317 e. The number of pyridine rings is 1. The summed E-state index contributed by atoms with van der Waals surface area (Å²) in [5.41, 5.74) is 1.85. The van der Waals surface area contributed by atoms with E-state index < -0.39 is 0 Å². The Kier molecular flexibility index (Phi) is 3.53. The Hall–Kier alpha value is -2.01. The summed E-state index contributed by atoms with van der Waals surface area (Å²) in [4.78, 5) is 14.9. The van der Waals surface area contributed by atoms with Gasteiger partial charge in [0.2, 0.25) is 0 Å². The van der Waals surface area contributed by atoms with E-state index in [2.05, 4.69) is 17.2 Å². The number of non-ortho nitro benzene ring substituents is 1. The molecule has 5 heteroatoms. The van der Waals surface area contributed by atoms with E-state index in [1.54, 1.807) is 30.5 Å². The molecule has 2 aromatic rings. The Balaban J connectivity index is 2.57. The molecule has 18 heavy (non-hydrogen) atoms. The second kappa shape index (κ2) is 5.10. The minimum atomic E-state index is -0.366. The van der Waals surface area contributed by atoms with Gasteiger partial charge in [-0.2, -0.15) is 0 Å². The number of fused-ring (bicyclic) bond motifs is 1. The van der Waals surface area contributed by atoms with Gasteiger partial charge in [0.25, 0.3) is 5.69 Å². The normalized spacial score (nSPS) is 12.6. The van der Waals surface area contributed by atoms with Crippen molar-refractivity contribution in [1.29, 1.82) is 0 Å². The van der Waals surface area contributed by atoms with Crippen molar-refractivity contribution in [3.05, 3.63) is 46.1 Å². The molecule has 0 aliphatic rings. The van der Waals surface area contributed by atoms with Crippen molar-refractivity contribution in [2.24, 2.45) is 0 Å². The van der Waals surface area contributed by atoms with Gasteiger partial charge in [-0.05, 0) is 44.2 Å². The van der Waals surface area contributed by atoms with Gasteiger partial charge >= 0.3 is 0 Å². The van der Waals surface area contributed by atoms with E-state index in [-0.39, 0.29) is 10.6 Å². The van der Waals surface area contributed by atoms with Gasteiger partial charge in [-0.15, -0.1) is 0 Å². The van der Waals surface area contributed by atoms with Crippen molar-refractivity contribution in [2.45, 2.75) is 19.4 Å². The van der Waals surface area contributed by atoms with Crippen LogP contribution in [0.15, 0.2) is 30.5 Å². The summed E-state index contributed by atoms with van der Waals surface area (Å²) in [5.74, 6) is 0. The molecule has 0 saturated heterocycles. The molecule has 94 valence electrons. The number of aromatic nitrogens is 1. The maximum Gasteiger partial charge on any atom is 0.278 e. The topological polar surface area (TPSA) is 68.1 Å². The molecule has 1 heterocycles. The van der Waals surface area contributed by atoms with E-state index in [1.165, 1.54) is 0 Å². The van der Waals surface area contributed by atoms with E-state index in [1.807, 2.05) is 7.05 Å². The van der Waals surface area contributed by atoms with Crippen LogP contribution in [0.4, 0.5) is 5.69 Å². The molecule has 1 atom stereocenters. The maximum absolute atomic E-state index is 11.0. The van der Waals surface area contributed by atoms with E-state index in [0.717, 1.165) is 12.0 Å². The predicted octanol–water partition coefficient (Wildman–Crippen LogP) is 2.29. The summed E-state index contributed by atoms with van der Waals surface area (Å²) in [5, 5.41) is 14.7. The third kappa shape index (κ3) is 2.31. The van der Waals surface area contributed by atoms with Gasteiger partial charge in [0, 0.05) is 18.3 Å². The molecular weight excluding hydrogens is 230 g/mol. The fourth-order valence-corrected chi connectivity index (χ4v) is 1.97. The summed E-state index contributed by atoms with van der Waals surface area (Å²) in [7, 11) is 1.89. The first-order valence-electron chi connectivity index (χ1n) is 5.81. The summed E-state index contributed by atoms with van der Waals surface area (Å²) < 4.78 is 0.